The predicted octanol–water partition coefficient (Wildman–Crippen LogP) is 1.60. The van der Waals surface area contributed by atoms with E-state index in [9.17, 15) is 9.59 Å². The fraction of sp³-hybridized carbons (Fsp3) is 0.579. The van der Waals surface area contributed by atoms with Crippen LogP contribution in [0.1, 0.15) is 12.8 Å². The van der Waals surface area contributed by atoms with E-state index in [0.717, 1.165) is 49.9 Å². The Hall–Kier alpha value is -1.57. The Kier molecular flexibility index (Phi) is 6.93. The van der Waals surface area contributed by atoms with E-state index in [1.807, 2.05) is 30.5 Å². The van der Waals surface area contributed by atoms with Gasteiger partial charge in [-0.15, -0.1) is 11.8 Å². The van der Waals surface area contributed by atoms with E-state index in [-0.39, 0.29) is 17.7 Å². The van der Waals surface area contributed by atoms with E-state index in [0.29, 0.717) is 19.5 Å². The van der Waals surface area contributed by atoms with Crippen molar-refractivity contribution in [3.05, 3.63) is 24.3 Å². The van der Waals surface area contributed by atoms with Gasteiger partial charge in [0.05, 0.1) is 19.1 Å². The number of carbonyl (C=O) groups is 2. The molecule has 2 heterocycles. The largest absolute Gasteiger partial charge is 0.379 e. The van der Waals surface area contributed by atoms with Crippen LogP contribution in [0.25, 0.3) is 0 Å². The maximum atomic E-state index is 12.4. The van der Waals surface area contributed by atoms with Gasteiger partial charge < -0.3 is 15.0 Å². The third-order valence-corrected chi connectivity index (χ3v) is 5.68. The average Bonchev–Trinajstić information content (AvgIpc) is 3.08. The number of thioether (sulfide) groups is 1. The highest BCUT2D eigenvalue weighted by molar-refractivity contribution is 7.98. The summed E-state index contributed by atoms with van der Waals surface area (Å²) in [4.78, 5) is 29.9. The first-order valence-electron chi connectivity index (χ1n) is 9.19. The molecule has 1 aromatic carbocycles. The standard InChI is InChI=1S/C19H27N3O3S/c1-26-17-5-3-16(4-6-17)22-14-15(13-18(22)23)19(24)20-7-2-8-21-9-11-25-12-10-21/h3-6,15H,2,7-14H2,1H3,(H,20,24)/t15-/m0/s1. The molecule has 2 aliphatic heterocycles. The molecular formula is C19H27N3O3S. The third kappa shape index (κ3) is 4.99. The van der Waals surface area contributed by atoms with Crippen LogP contribution >= 0.6 is 11.8 Å². The summed E-state index contributed by atoms with van der Waals surface area (Å²) in [6.45, 7) is 5.62. The van der Waals surface area contributed by atoms with Crippen molar-refractivity contribution in [1.29, 1.82) is 0 Å². The van der Waals surface area contributed by atoms with Crippen LogP contribution < -0.4 is 10.2 Å². The Labute approximate surface area is 159 Å². The number of carbonyl (C=O) groups excluding carboxylic acids is 2. The summed E-state index contributed by atoms with van der Waals surface area (Å²) in [5.74, 6) is -0.245. The average molecular weight is 378 g/mol. The van der Waals surface area contributed by atoms with Gasteiger partial charge in [0.15, 0.2) is 0 Å². The van der Waals surface area contributed by atoms with Gasteiger partial charge >= 0.3 is 0 Å². The number of nitrogens with zero attached hydrogens (tertiary/aromatic N) is 2. The lowest BCUT2D eigenvalue weighted by atomic mass is 10.1. The zero-order chi connectivity index (χ0) is 18.4. The Balaban J connectivity index is 1.42. The molecule has 2 aliphatic rings. The molecule has 26 heavy (non-hydrogen) atoms. The number of rotatable bonds is 7. The smallest absolute Gasteiger partial charge is 0.227 e. The minimum absolute atomic E-state index is 0.0106. The highest BCUT2D eigenvalue weighted by Crippen LogP contribution is 2.27. The first-order valence-corrected chi connectivity index (χ1v) is 10.4. The molecule has 2 fully saturated rings. The summed E-state index contributed by atoms with van der Waals surface area (Å²) in [5.41, 5.74) is 0.871. The van der Waals surface area contributed by atoms with E-state index < -0.39 is 0 Å². The summed E-state index contributed by atoms with van der Waals surface area (Å²) in [5, 5.41) is 3.00. The van der Waals surface area contributed by atoms with Crippen LogP contribution in [0.5, 0.6) is 0 Å². The topological polar surface area (TPSA) is 61.9 Å². The van der Waals surface area contributed by atoms with Crippen molar-refractivity contribution in [1.82, 2.24) is 10.2 Å². The Morgan fingerprint density at radius 1 is 1.27 bits per heavy atom. The second-order valence-electron chi connectivity index (χ2n) is 6.70. The van der Waals surface area contributed by atoms with E-state index in [1.54, 1.807) is 16.7 Å². The summed E-state index contributed by atoms with van der Waals surface area (Å²) in [7, 11) is 0. The van der Waals surface area contributed by atoms with Crippen LogP contribution in [-0.2, 0) is 14.3 Å². The van der Waals surface area contributed by atoms with E-state index in [2.05, 4.69) is 10.2 Å². The van der Waals surface area contributed by atoms with Crippen LogP contribution in [0, 0.1) is 5.92 Å². The van der Waals surface area contributed by atoms with Crippen molar-refractivity contribution >= 4 is 29.3 Å². The molecular weight excluding hydrogens is 350 g/mol. The van der Waals surface area contributed by atoms with Crippen molar-refractivity contribution in [2.24, 2.45) is 5.92 Å². The fourth-order valence-electron chi connectivity index (χ4n) is 3.38. The van der Waals surface area contributed by atoms with Gasteiger partial charge in [0.1, 0.15) is 0 Å². The number of morpholine rings is 1. The summed E-state index contributed by atoms with van der Waals surface area (Å²) >= 11 is 1.67. The monoisotopic (exact) mass is 377 g/mol. The number of hydrogen-bond acceptors (Lipinski definition) is 5. The first kappa shape index (κ1) is 19.2. The normalized spacial score (nSPS) is 21.2. The number of ether oxygens (including phenoxy) is 1. The van der Waals surface area contributed by atoms with Crippen LogP contribution in [0.15, 0.2) is 29.2 Å². The van der Waals surface area contributed by atoms with Gasteiger partial charge in [-0.1, -0.05) is 0 Å². The number of benzene rings is 1. The molecule has 142 valence electrons. The molecule has 1 atom stereocenters. The number of anilines is 1. The lowest BCUT2D eigenvalue weighted by molar-refractivity contribution is -0.126. The van der Waals surface area contributed by atoms with Crippen LogP contribution in [0.4, 0.5) is 5.69 Å². The number of hydrogen-bond donors (Lipinski definition) is 1. The Morgan fingerprint density at radius 3 is 2.69 bits per heavy atom. The number of amides is 2. The third-order valence-electron chi connectivity index (χ3n) is 4.93. The van der Waals surface area contributed by atoms with Gasteiger partial charge in [0, 0.05) is 43.2 Å². The van der Waals surface area contributed by atoms with Gasteiger partial charge in [0.2, 0.25) is 11.8 Å². The molecule has 2 saturated heterocycles. The van der Waals surface area contributed by atoms with E-state index >= 15 is 0 Å². The second kappa shape index (κ2) is 9.39. The Bertz CT molecular complexity index is 617. The molecule has 0 aromatic heterocycles. The highest BCUT2D eigenvalue weighted by Gasteiger charge is 2.34. The van der Waals surface area contributed by atoms with Gasteiger partial charge in [-0.05, 0) is 43.5 Å². The SMILES string of the molecule is CSc1ccc(N2C[C@@H](C(=O)NCCCN3CCOCC3)CC2=O)cc1. The van der Waals surface area contributed by atoms with Crippen LogP contribution in [-0.4, -0.2) is 68.9 Å². The van der Waals surface area contributed by atoms with E-state index in [4.69, 9.17) is 4.74 Å². The lowest BCUT2D eigenvalue weighted by Crippen LogP contribution is -2.39. The summed E-state index contributed by atoms with van der Waals surface area (Å²) in [6, 6.07) is 7.91. The Morgan fingerprint density at radius 2 is 2.00 bits per heavy atom. The summed E-state index contributed by atoms with van der Waals surface area (Å²) in [6.07, 6.45) is 3.24. The predicted molar refractivity (Wildman–Crippen MR) is 104 cm³/mol. The zero-order valence-electron chi connectivity index (χ0n) is 15.3. The molecule has 2 amide bonds. The fourth-order valence-corrected chi connectivity index (χ4v) is 3.79. The molecule has 0 radical (unpaired) electrons. The molecule has 7 heteroatoms. The quantitative estimate of drug-likeness (QED) is 0.578. The lowest BCUT2D eigenvalue weighted by Gasteiger charge is -2.26. The minimum atomic E-state index is -0.258. The van der Waals surface area contributed by atoms with Gasteiger partial charge in [0.25, 0.3) is 0 Å². The maximum absolute atomic E-state index is 12.4. The highest BCUT2D eigenvalue weighted by atomic mass is 32.2. The number of nitrogens with one attached hydrogen (secondary N) is 1. The summed E-state index contributed by atoms with van der Waals surface area (Å²) < 4.78 is 5.33. The molecule has 0 saturated carbocycles. The van der Waals surface area contributed by atoms with Gasteiger partial charge in [-0.3, -0.25) is 14.5 Å². The van der Waals surface area contributed by atoms with E-state index in [1.165, 1.54) is 0 Å². The maximum Gasteiger partial charge on any atom is 0.227 e. The molecule has 0 spiro atoms. The molecule has 6 nitrogen and oxygen atoms in total. The molecule has 1 N–H and O–H groups in total. The van der Waals surface area contributed by atoms with Crippen molar-refractivity contribution in [2.75, 3.05) is 57.1 Å². The first-order chi connectivity index (χ1) is 12.7. The molecule has 0 unspecified atom stereocenters. The van der Waals surface area contributed by atoms with Gasteiger partial charge in [-0.25, -0.2) is 0 Å². The molecule has 0 bridgehead atoms. The van der Waals surface area contributed by atoms with Crippen molar-refractivity contribution in [3.8, 4) is 0 Å². The van der Waals surface area contributed by atoms with Gasteiger partial charge in [-0.2, -0.15) is 0 Å². The zero-order valence-corrected chi connectivity index (χ0v) is 16.1. The van der Waals surface area contributed by atoms with Crippen molar-refractivity contribution < 1.29 is 14.3 Å². The van der Waals surface area contributed by atoms with Crippen molar-refractivity contribution in [2.45, 2.75) is 17.7 Å². The van der Waals surface area contributed by atoms with Crippen molar-refractivity contribution in [3.63, 3.8) is 0 Å². The molecule has 0 aliphatic carbocycles. The second-order valence-corrected chi connectivity index (χ2v) is 7.58. The van der Waals surface area contributed by atoms with Crippen LogP contribution in [0.2, 0.25) is 0 Å². The molecule has 1 aromatic rings. The minimum Gasteiger partial charge on any atom is -0.379 e. The van der Waals surface area contributed by atoms with Crippen LogP contribution in [0.3, 0.4) is 0 Å². The molecule has 3 rings (SSSR count).